The van der Waals surface area contributed by atoms with Gasteiger partial charge in [0.25, 0.3) is 15.9 Å². The van der Waals surface area contributed by atoms with Gasteiger partial charge in [-0.25, -0.2) is 0 Å². The van der Waals surface area contributed by atoms with E-state index in [2.05, 4.69) is 20.2 Å². The van der Waals surface area contributed by atoms with Crippen LogP contribution in [0.3, 0.4) is 0 Å². The zero-order chi connectivity index (χ0) is 23.3. The van der Waals surface area contributed by atoms with Crippen molar-refractivity contribution in [1.82, 2.24) is 10.2 Å². The minimum Gasteiger partial charge on any atom is -0.489 e. The lowest BCUT2D eigenvalue weighted by molar-refractivity contribution is 0.102. The van der Waals surface area contributed by atoms with Gasteiger partial charge in [-0.15, -0.1) is 0 Å². The van der Waals surface area contributed by atoms with E-state index in [0.29, 0.717) is 29.4 Å². The number of aromatic nitrogens is 2. The first-order valence-corrected chi connectivity index (χ1v) is 11.6. The van der Waals surface area contributed by atoms with E-state index < -0.39 is 15.9 Å². The molecule has 3 aromatic carbocycles. The lowest BCUT2D eigenvalue weighted by atomic mass is 10.2. The molecule has 0 aliphatic carbocycles. The van der Waals surface area contributed by atoms with Gasteiger partial charge in [0.05, 0.1) is 0 Å². The number of carbonyl (C=O) groups excluding carboxylic acids is 1. The fourth-order valence-corrected chi connectivity index (χ4v) is 4.37. The zero-order valence-electron chi connectivity index (χ0n) is 17.8. The van der Waals surface area contributed by atoms with Gasteiger partial charge in [0, 0.05) is 17.1 Å². The van der Waals surface area contributed by atoms with Gasteiger partial charge >= 0.3 is 0 Å². The van der Waals surface area contributed by atoms with E-state index in [0.717, 1.165) is 5.56 Å². The average molecular weight is 463 g/mol. The summed E-state index contributed by atoms with van der Waals surface area (Å²) in [7, 11) is -4.07. The summed E-state index contributed by atoms with van der Waals surface area (Å²) >= 11 is 0. The van der Waals surface area contributed by atoms with Crippen LogP contribution < -0.4 is 14.8 Å². The number of amides is 1. The van der Waals surface area contributed by atoms with Crippen molar-refractivity contribution in [3.63, 3.8) is 0 Å². The SMILES string of the molecule is Cc1[nH]nc(S(=O)(=O)Nc2ccccc2)c1C(=O)Nc1ccc(OCc2ccccc2)cc1. The molecule has 0 saturated carbocycles. The van der Waals surface area contributed by atoms with Crippen LogP contribution in [0.25, 0.3) is 0 Å². The quantitative estimate of drug-likeness (QED) is 0.360. The standard InChI is InChI=1S/C24H22N4O4S/c1-17-22(24(27-26-17)33(30,31)28-20-10-6-3-7-11-20)23(29)25-19-12-14-21(15-13-19)32-16-18-8-4-2-5-9-18/h2-15,28H,16H2,1H3,(H,25,29)(H,26,27). The summed E-state index contributed by atoms with van der Waals surface area (Å²) in [5, 5.41) is 8.79. The normalized spacial score (nSPS) is 11.1. The van der Waals surface area contributed by atoms with E-state index >= 15 is 0 Å². The van der Waals surface area contributed by atoms with Crippen LogP contribution in [0, 0.1) is 6.92 Å². The minimum absolute atomic E-state index is 0.0529. The van der Waals surface area contributed by atoms with Gasteiger partial charge in [-0.3, -0.25) is 14.6 Å². The number of nitrogens with one attached hydrogen (secondary N) is 3. The van der Waals surface area contributed by atoms with Gasteiger partial charge < -0.3 is 10.1 Å². The van der Waals surface area contributed by atoms with Gasteiger partial charge in [0.2, 0.25) is 5.03 Å². The van der Waals surface area contributed by atoms with Crippen LogP contribution >= 0.6 is 0 Å². The highest BCUT2D eigenvalue weighted by molar-refractivity contribution is 7.92. The molecule has 0 fully saturated rings. The molecule has 4 aromatic rings. The second-order valence-electron chi connectivity index (χ2n) is 7.25. The van der Waals surface area contributed by atoms with Crippen molar-refractivity contribution < 1.29 is 17.9 Å². The number of nitrogens with zero attached hydrogens (tertiary/aromatic N) is 1. The molecule has 0 aliphatic rings. The molecule has 3 N–H and O–H groups in total. The molecular formula is C24H22N4O4S. The Kier molecular flexibility index (Phi) is 6.41. The third kappa shape index (κ3) is 5.39. The molecule has 4 rings (SSSR count). The third-order valence-electron chi connectivity index (χ3n) is 4.78. The highest BCUT2D eigenvalue weighted by atomic mass is 32.2. The molecule has 0 atom stereocenters. The fourth-order valence-electron chi connectivity index (χ4n) is 3.15. The Morgan fingerprint density at radius 1 is 0.909 bits per heavy atom. The van der Waals surface area contributed by atoms with Gasteiger partial charge in [-0.05, 0) is 48.9 Å². The molecule has 168 valence electrons. The van der Waals surface area contributed by atoms with Crippen molar-refractivity contribution in [1.29, 1.82) is 0 Å². The van der Waals surface area contributed by atoms with E-state index in [-0.39, 0.29) is 10.6 Å². The molecule has 0 radical (unpaired) electrons. The largest absolute Gasteiger partial charge is 0.489 e. The van der Waals surface area contributed by atoms with Gasteiger partial charge in [0.15, 0.2) is 0 Å². The molecule has 1 aromatic heterocycles. The second kappa shape index (κ2) is 9.58. The van der Waals surface area contributed by atoms with Crippen molar-refractivity contribution in [2.45, 2.75) is 18.6 Å². The number of sulfonamides is 1. The van der Waals surface area contributed by atoms with E-state index in [1.54, 1.807) is 61.5 Å². The van der Waals surface area contributed by atoms with Crippen LogP contribution in [0.1, 0.15) is 21.6 Å². The minimum atomic E-state index is -4.07. The topological polar surface area (TPSA) is 113 Å². The van der Waals surface area contributed by atoms with E-state index in [1.807, 2.05) is 30.3 Å². The number of aryl methyl sites for hydroxylation is 1. The van der Waals surface area contributed by atoms with Crippen LogP contribution in [0.4, 0.5) is 11.4 Å². The monoisotopic (exact) mass is 462 g/mol. The lowest BCUT2D eigenvalue weighted by Crippen LogP contribution is -2.20. The number of carbonyl (C=O) groups is 1. The summed E-state index contributed by atoms with van der Waals surface area (Å²) < 4.78 is 33.9. The summed E-state index contributed by atoms with van der Waals surface area (Å²) in [5.74, 6) is 0.0549. The van der Waals surface area contributed by atoms with Gasteiger partial charge in [-0.1, -0.05) is 48.5 Å². The van der Waals surface area contributed by atoms with Crippen molar-refractivity contribution in [3.05, 3.63) is 102 Å². The second-order valence-corrected chi connectivity index (χ2v) is 8.85. The Balaban J connectivity index is 1.46. The summed E-state index contributed by atoms with van der Waals surface area (Å²) in [6, 6.07) is 25.0. The smallest absolute Gasteiger partial charge is 0.282 e. The van der Waals surface area contributed by atoms with Crippen LogP contribution in [-0.2, 0) is 16.6 Å². The van der Waals surface area contributed by atoms with Crippen LogP contribution in [0.5, 0.6) is 5.75 Å². The first kappa shape index (κ1) is 22.1. The van der Waals surface area contributed by atoms with E-state index in [4.69, 9.17) is 4.74 Å². The Morgan fingerprint density at radius 3 is 2.21 bits per heavy atom. The molecule has 1 heterocycles. The van der Waals surface area contributed by atoms with Crippen LogP contribution in [0.15, 0.2) is 90.0 Å². The number of para-hydroxylation sites is 1. The number of rotatable bonds is 8. The van der Waals surface area contributed by atoms with Crippen molar-refractivity contribution in [2.24, 2.45) is 0 Å². The maximum absolute atomic E-state index is 12.9. The highest BCUT2D eigenvalue weighted by Gasteiger charge is 2.28. The number of aromatic amines is 1. The average Bonchev–Trinajstić information content (AvgIpc) is 3.22. The number of anilines is 2. The van der Waals surface area contributed by atoms with Crippen molar-refractivity contribution in [2.75, 3.05) is 10.0 Å². The molecule has 0 bridgehead atoms. The van der Waals surface area contributed by atoms with Crippen molar-refractivity contribution in [3.8, 4) is 5.75 Å². The maximum atomic E-state index is 12.9. The summed E-state index contributed by atoms with van der Waals surface area (Å²) in [6.07, 6.45) is 0. The number of hydrogen-bond donors (Lipinski definition) is 3. The molecule has 33 heavy (non-hydrogen) atoms. The number of H-pyrrole nitrogens is 1. The Labute approximate surface area is 191 Å². The molecule has 8 nitrogen and oxygen atoms in total. The number of ether oxygens (including phenoxy) is 1. The lowest BCUT2D eigenvalue weighted by Gasteiger charge is -2.10. The number of benzene rings is 3. The Morgan fingerprint density at radius 2 is 1.55 bits per heavy atom. The Hall–Kier alpha value is -4.11. The summed E-state index contributed by atoms with van der Waals surface area (Å²) in [4.78, 5) is 12.9. The van der Waals surface area contributed by atoms with E-state index in [9.17, 15) is 13.2 Å². The fraction of sp³-hybridized carbons (Fsp3) is 0.0833. The summed E-state index contributed by atoms with van der Waals surface area (Å²) in [6.45, 7) is 2.01. The molecular weight excluding hydrogens is 440 g/mol. The van der Waals surface area contributed by atoms with Crippen LogP contribution in [-0.4, -0.2) is 24.5 Å². The molecule has 9 heteroatoms. The first-order chi connectivity index (χ1) is 15.9. The maximum Gasteiger partial charge on any atom is 0.282 e. The Bertz CT molecular complexity index is 1340. The predicted molar refractivity (Wildman–Crippen MR) is 126 cm³/mol. The summed E-state index contributed by atoms with van der Waals surface area (Å²) in [5.41, 5.74) is 2.19. The zero-order valence-corrected chi connectivity index (χ0v) is 18.6. The molecule has 0 aliphatic heterocycles. The third-order valence-corrected chi connectivity index (χ3v) is 6.09. The van der Waals surface area contributed by atoms with E-state index in [1.165, 1.54) is 0 Å². The predicted octanol–water partition coefficient (Wildman–Crippen LogP) is 4.35. The molecule has 0 unspecified atom stereocenters. The van der Waals surface area contributed by atoms with Gasteiger partial charge in [-0.2, -0.15) is 13.5 Å². The van der Waals surface area contributed by atoms with Crippen LogP contribution in [0.2, 0.25) is 0 Å². The molecule has 0 spiro atoms. The van der Waals surface area contributed by atoms with Crippen molar-refractivity contribution >= 4 is 27.3 Å². The van der Waals surface area contributed by atoms with Gasteiger partial charge in [0.1, 0.15) is 17.9 Å². The molecule has 1 amide bonds. The first-order valence-electron chi connectivity index (χ1n) is 10.1. The highest BCUT2D eigenvalue weighted by Crippen LogP contribution is 2.22. The number of hydrogen-bond acceptors (Lipinski definition) is 5. The molecule has 0 saturated heterocycles.